The molecule has 0 saturated carbocycles. The van der Waals surface area contributed by atoms with Crippen molar-refractivity contribution < 1.29 is 22.7 Å². The first-order valence-corrected chi connectivity index (χ1v) is 12.4. The summed E-state index contributed by atoms with van der Waals surface area (Å²) in [5.41, 5.74) is 6.64. The third-order valence-corrected chi connectivity index (χ3v) is 7.77. The van der Waals surface area contributed by atoms with Gasteiger partial charge < -0.3 is 15.4 Å². The molecule has 2 aliphatic rings. The van der Waals surface area contributed by atoms with Crippen LogP contribution in [0.4, 0.5) is 5.69 Å². The molecule has 2 aliphatic heterocycles. The van der Waals surface area contributed by atoms with Gasteiger partial charge in [0.2, 0.25) is 10.0 Å². The van der Waals surface area contributed by atoms with Crippen LogP contribution in [0.2, 0.25) is 0 Å². The van der Waals surface area contributed by atoms with E-state index in [0.717, 1.165) is 25.7 Å². The highest BCUT2D eigenvalue weighted by molar-refractivity contribution is 7.89. The molecule has 0 radical (unpaired) electrons. The van der Waals surface area contributed by atoms with E-state index in [1.165, 1.54) is 11.0 Å². The van der Waals surface area contributed by atoms with Crippen molar-refractivity contribution in [3.05, 3.63) is 60.2 Å². The summed E-state index contributed by atoms with van der Waals surface area (Å²) < 4.78 is 33.0. The van der Waals surface area contributed by atoms with Gasteiger partial charge in [-0.05, 0) is 48.7 Å². The van der Waals surface area contributed by atoms with E-state index in [1.54, 1.807) is 58.9 Å². The molecule has 0 aromatic heterocycles. The number of nitrogens with two attached hydrogens (primary N) is 1. The van der Waals surface area contributed by atoms with E-state index >= 15 is 0 Å². The molecule has 1 atom stereocenters. The Morgan fingerprint density at radius 3 is 2.30 bits per heavy atom. The molecule has 2 aromatic carbocycles. The van der Waals surface area contributed by atoms with Crippen molar-refractivity contribution in [2.75, 3.05) is 24.5 Å². The number of hydrogen-bond donors (Lipinski definition) is 1. The molecule has 8 nitrogen and oxygen atoms in total. The summed E-state index contributed by atoms with van der Waals surface area (Å²) in [4.78, 5) is 26.2. The molecular formula is C24H27N3O5S. The minimum atomic E-state index is -3.52. The van der Waals surface area contributed by atoms with Gasteiger partial charge in [-0.3, -0.25) is 9.59 Å². The number of para-hydroxylation sites is 2. The van der Waals surface area contributed by atoms with Gasteiger partial charge in [-0.25, -0.2) is 8.42 Å². The maximum atomic E-state index is 12.9. The molecule has 4 rings (SSSR count). The van der Waals surface area contributed by atoms with Crippen molar-refractivity contribution in [1.29, 1.82) is 0 Å². The summed E-state index contributed by atoms with van der Waals surface area (Å²) in [6, 6.07) is 13.4. The summed E-state index contributed by atoms with van der Waals surface area (Å²) in [7, 11) is -3.52. The number of carbonyl (C=O) groups is 2. The molecule has 174 valence electrons. The van der Waals surface area contributed by atoms with Crippen LogP contribution >= 0.6 is 0 Å². The molecule has 0 spiro atoms. The second-order valence-electron chi connectivity index (χ2n) is 8.15. The minimum Gasteiger partial charge on any atom is -0.477 e. The fraction of sp³-hybridized carbons (Fsp3) is 0.333. The highest BCUT2D eigenvalue weighted by atomic mass is 32.2. The first-order chi connectivity index (χ1) is 15.9. The SMILES string of the molecule is NC(=O)C1CN(C(=O)/C=C/c2ccc(S(=O)(=O)N3CCCCCC3)cc2)c2ccccc2O1. The lowest BCUT2D eigenvalue weighted by molar-refractivity contribution is -0.125. The normalized spacial score (nSPS) is 19.5. The Bertz CT molecular complexity index is 1150. The van der Waals surface area contributed by atoms with E-state index in [4.69, 9.17) is 10.5 Å². The van der Waals surface area contributed by atoms with Crippen LogP contribution in [0.25, 0.3) is 6.08 Å². The van der Waals surface area contributed by atoms with Gasteiger partial charge in [0.05, 0.1) is 17.1 Å². The molecule has 2 amide bonds. The number of fused-ring (bicyclic) bond motifs is 1. The number of rotatable bonds is 5. The van der Waals surface area contributed by atoms with Crippen molar-refractivity contribution in [3.8, 4) is 5.75 Å². The molecule has 2 aromatic rings. The van der Waals surface area contributed by atoms with Gasteiger partial charge in [-0.2, -0.15) is 4.31 Å². The highest BCUT2D eigenvalue weighted by Crippen LogP contribution is 2.33. The quantitative estimate of drug-likeness (QED) is 0.677. The smallest absolute Gasteiger partial charge is 0.260 e. The number of sulfonamides is 1. The summed E-state index contributed by atoms with van der Waals surface area (Å²) in [6.45, 7) is 1.11. The fourth-order valence-electron chi connectivity index (χ4n) is 4.03. The van der Waals surface area contributed by atoms with E-state index < -0.39 is 22.0 Å². The van der Waals surface area contributed by atoms with Crippen LogP contribution in [-0.4, -0.2) is 50.3 Å². The summed E-state index contributed by atoms with van der Waals surface area (Å²) in [6.07, 6.45) is 5.93. The van der Waals surface area contributed by atoms with Crippen LogP contribution in [0.15, 0.2) is 59.5 Å². The second kappa shape index (κ2) is 9.76. The van der Waals surface area contributed by atoms with Gasteiger partial charge in [-0.15, -0.1) is 0 Å². The summed E-state index contributed by atoms with van der Waals surface area (Å²) in [5.74, 6) is -0.567. The third kappa shape index (κ3) is 5.09. The number of primary amides is 1. The molecule has 1 fully saturated rings. The van der Waals surface area contributed by atoms with Crippen LogP contribution < -0.4 is 15.4 Å². The van der Waals surface area contributed by atoms with Crippen molar-refractivity contribution in [3.63, 3.8) is 0 Å². The monoisotopic (exact) mass is 469 g/mol. The van der Waals surface area contributed by atoms with E-state index in [9.17, 15) is 18.0 Å². The lowest BCUT2D eigenvalue weighted by atomic mass is 10.1. The number of carbonyl (C=O) groups excluding carboxylic acids is 2. The Labute approximate surface area is 193 Å². The number of benzene rings is 2. The van der Waals surface area contributed by atoms with Crippen LogP contribution in [0.3, 0.4) is 0 Å². The predicted molar refractivity (Wildman–Crippen MR) is 125 cm³/mol. The summed E-state index contributed by atoms with van der Waals surface area (Å²) >= 11 is 0. The maximum absolute atomic E-state index is 12.9. The van der Waals surface area contributed by atoms with Gasteiger partial charge in [0, 0.05) is 19.2 Å². The average Bonchev–Trinajstić information content (AvgIpc) is 3.12. The lowest BCUT2D eigenvalue weighted by Gasteiger charge is -2.32. The van der Waals surface area contributed by atoms with Crippen molar-refractivity contribution in [2.24, 2.45) is 5.73 Å². The number of ether oxygens (including phenoxy) is 1. The zero-order chi connectivity index (χ0) is 23.4. The van der Waals surface area contributed by atoms with Gasteiger partial charge in [0.15, 0.2) is 6.10 Å². The van der Waals surface area contributed by atoms with E-state index in [0.29, 0.717) is 30.1 Å². The molecule has 33 heavy (non-hydrogen) atoms. The number of amides is 2. The highest BCUT2D eigenvalue weighted by Gasteiger charge is 2.31. The Hall–Kier alpha value is -3.17. The van der Waals surface area contributed by atoms with Crippen LogP contribution in [0.5, 0.6) is 5.75 Å². The Kier molecular flexibility index (Phi) is 6.80. The van der Waals surface area contributed by atoms with E-state index in [-0.39, 0.29) is 17.3 Å². The number of nitrogens with zero attached hydrogens (tertiary/aromatic N) is 2. The van der Waals surface area contributed by atoms with Gasteiger partial charge in [0.25, 0.3) is 11.8 Å². The lowest BCUT2D eigenvalue weighted by Crippen LogP contribution is -2.49. The first-order valence-electron chi connectivity index (χ1n) is 11.0. The predicted octanol–water partition coefficient (Wildman–Crippen LogP) is 2.54. The van der Waals surface area contributed by atoms with Crippen LogP contribution in [0, 0.1) is 0 Å². The zero-order valence-electron chi connectivity index (χ0n) is 18.2. The summed E-state index contributed by atoms with van der Waals surface area (Å²) in [5, 5.41) is 0. The van der Waals surface area contributed by atoms with Crippen molar-refractivity contribution in [2.45, 2.75) is 36.7 Å². The number of anilines is 1. The molecule has 1 saturated heterocycles. The van der Waals surface area contributed by atoms with Crippen LogP contribution in [0.1, 0.15) is 31.2 Å². The average molecular weight is 470 g/mol. The molecule has 2 heterocycles. The molecule has 0 aliphatic carbocycles. The molecule has 0 bridgehead atoms. The zero-order valence-corrected chi connectivity index (χ0v) is 19.0. The largest absolute Gasteiger partial charge is 0.477 e. The van der Waals surface area contributed by atoms with Crippen molar-refractivity contribution >= 4 is 33.6 Å². The third-order valence-electron chi connectivity index (χ3n) is 5.86. The first kappa shape index (κ1) is 23.0. The van der Waals surface area contributed by atoms with Gasteiger partial charge in [0.1, 0.15) is 5.75 Å². The van der Waals surface area contributed by atoms with Crippen LogP contribution in [-0.2, 0) is 19.6 Å². The topological polar surface area (TPSA) is 110 Å². The van der Waals surface area contributed by atoms with E-state index in [1.807, 2.05) is 0 Å². The second-order valence-corrected chi connectivity index (χ2v) is 10.1. The fourth-order valence-corrected chi connectivity index (χ4v) is 5.55. The Morgan fingerprint density at radius 2 is 1.64 bits per heavy atom. The standard InChI is InChI=1S/C24H27N3O5S/c25-24(29)22-17-27(20-7-3-4-8-21(20)32-22)23(28)14-11-18-9-12-19(13-10-18)33(30,31)26-15-5-1-2-6-16-26/h3-4,7-14,22H,1-2,5-6,15-17H2,(H2,25,29)/b14-11+. The Morgan fingerprint density at radius 1 is 0.970 bits per heavy atom. The minimum absolute atomic E-state index is 0.0164. The molecular weight excluding hydrogens is 442 g/mol. The van der Waals surface area contributed by atoms with Crippen molar-refractivity contribution in [1.82, 2.24) is 4.31 Å². The number of hydrogen-bond acceptors (Lipinski definition) is 5. The maximum Gasteiger partial charge on any atom is 0.260 e. The Balaban J connectivity index is 1.49. The molecule has 1 unspecified atom stereocenters. The van der Waals surface area contributed by atoms with Gasteiger partial charge >= 0.3 is 0 Å². The molecule has 9 heteroatoms. The molecule has 2 N–H and O–H groups in total. The van der Waals surface area contributed by atoms with Gasteiger partial charge in [-0.1, -0.05) is 37.1 Å². The van der Waals surface area contributed by atoms with E-state index in [2.05, 4.69) is 0 Å².